The van der Waals surface area contributed by atoms with E-state index in [1.54, 1.807) is 18.6 Å². The summed E-state index contributed by atoms with van der Waals surface area (Å²) < 4.78 is 23.4. The SMILES string of the molecule is CC1(C)OC(=O)C=C[C@@]2(C)[C@H]1C[C@@H](O)[C@]1(C)[C@H]2CC[C@@]2(C)[C@@H](c3ccoc3)OC(=O)[C@@H]3O[C@@]312. The highest BCUT2D eigenvalue weighted by Gasteiger charge is 2.87. The van der Waals surface area contributed by atoms with Gasteiger partial charge in [-0.2, -0.15) is 0 Å². The minimum atomic E-state index is -0.858. The lowest BCUT2D eigenvalue weighted by Crippen LogP contribution is -2.72. The number of allylic oxidation sites excluding steroid dienone is 1. The molecule has 4 heterocycles. The Labute approximate surface area is 193 Å². The van der Waals surface area contributed by atoms with E-state index >= 15 is 0 Å². The van der Waals surface area contributed by atoms with Crippen LogP contribution < -0.4 is 0 Å². The van der Waals surface area contributed by atoms with Crippen LogP contribution in [0.3, 0.4) is 0 Å². The number of furan rings is 1. The molecule has 0 radical (unpaired) electrons. The third-order valence-corrected chi connectivity index (χ3v) is 10.2. The average Bonchev–Trinajstić information content (AvgIpc) is 3.33. The fourth-order valence-electron chi connectivity index (χ4n) is 8.79. The van der Waals surface area contributed by atoms with Gasteiger partial charge in [-0.05, 0) is 50.5 Å². The van der Waals surface area contributed by atoms with Gasteiger partial charge in [-0.25, -0.2) is 9.59 Å². The summed E-state index contributed by atoms with van der Waals surface area (Å²) in [5.41, 5.74) is -2.44. The lowest BCUT2D eigenvalue weighted by Gasteiger charge is -2.67. The maximum Gasteiger partial charge on any atom is 0.339 e. The standard InChI is InChI=1S/C26H32O7/c1-22(2)16-12-17(27)25(5)15(23(16,3)9-7-18(28)32-22)6-10-24(4)19(14-8-11-30-13-14)31-21(29)20-26(24,25)33-20/h7-9,11,13,15-17,19-20,27H,6,10,12H2,1-5H3/t15-,16-,17+,19+,20-,23+,24-,25-,26+/m0/s1. The predicted octanol–water partition coefficient (Wildman–Crippen LogP) is 3.72. The smallest absolute Gasteiger partial charge is 0.339 e. The van der Waals surface area contributed by atoms with E-state index in [4.69, 9.17) is 18.6 Å². The summed E-state index contributed by atoms with van der Waals surface area (Å²) in [6.07, 6.45) is 6.82. The van der Waals surface area contributed by atoms with Crippen LogP contribution in [0.1, 0.15) is 65.5 Å². The molecule has 0 amide bonds. The van der Waals surface area contributed by atoms with Crippen LogP contribution in [0.4, 0.5) is 0 Å². The van der Waals surface area contributed by atoms with Crippen molar-refractivity contribution >= 4 is 11.9 Å². The monoisotopic (exact) mass is 456 g/mol. The maximum absolute atomic E-state index is 13.1. The summed E-state index contributed by atoms with van der Waals surface area (Å²) in [7, 11) is 0. The molecule has 1 aromatic rings. The Morgan fingerprint density at radius 1 is 1.06 bits per heavy atom. The molecule has 33 heavy (non-hydrogen) atoms. The summed E-state index contributed by atoms with van der Waals surface area (Å²) in [5.74, 6) is -0.820. The Balaban J connectivity index is 1.52. The van der Waals surface area contributed by atoms with Gasteiger partial charge in [0.2, 0.25) is 0 Å². The second-order valence-corrected chi connectivity index (χ2v) is 11.9. The van der Waals surface area contributed by atoms with Crippen LogP contribution >= 0.6 is 0 Å². The molecule has 3 aliphatic heterocycles. The van der Waals surface area contributed by atoms with Crippen molar-refractivity contribution in [1.29, 1.82) is 0 Å². The first-order valence-corrected chi connectivity index (χ1v) is 11.9. The van der Waals surface area contributed by atoms with Crippen molar-refractivity contribution < 1.29 is 33.3 Å². The van der Waals surface area contributed by atoms with E-state index in [9.17, 15) is 14.7 Å². The van der Waals surface area contributed by atoms with Crippen LogP contribution in [-0.4, -0.2) is 40.5 Å². The zero-order valence-corrected chi connectivity index (χ0v) is 19.8. The maximum atomic E-state index is 13.1. The first-order valence-electron chi connectivity index (χ1n) is 11.9. The number of hydrogen-bond donors (Lipinski definition) is 1. The van der Waals surface area contributed by atoms with Gasteiger partial charge >= 0.3 is 11.9 Å². The van der Waals surface area contributed by atoms with Crippen molar-refractivity contribution in [2.24, 2.45) is 28.1 Å². The molecule has 0 bridgehead atoms. The zero-order valence-electron chi connectivity index (χ0n) is 19.8. The van der Waals surface area contributed by atoms with Crippen LogP contribution in [0.2, 0.25) is 0 Å². The van der Waals surface area contributed by atoms with Crippen molar-refractivity contribution in [2.45, 2.75) is 83.4 Å². The number of ether oxygens (including phenoxy) is 3. The van der Waals surface area contributed by atoms with E-state index in [1.165, 1.54) is 0 Å². The van der Waals surface area contributed by atoms with Gasteiger partial charge in [0.05, 0.1) is 18.6 Å². The Kier molecular flexibility index (Phi) is 3.96. The van der Waals surface area contributed by atoms with Gasteiger partial charge in [0.15, 0.2) is 6.10 Å². The molecular weight excluding hydrogens is 424 g/mol. The fraction of sp³-hybridized carbons (Fsp3) is 0.692. The molecule has 0 aromatic carbocycles. The summed E-state index contributed by atoms with van der Waals surface area (Å²) in [6.45, 7) is 10.3. The minimum Gasteiger partial charge on any atom is -0.472 e. The molecule has 7 nitrogen and oxygen atoms in total. The van der Waals surface area contributed by atoms with E-state index in [1.807, 2.05) is 26.0 Å². The van der Waals surface area contributed by atoms with Gasteiger partial charge in [0.1, 0.15) is 17.3 Å². The molecule has 2 saturated carbocycles. The number of carbonyl (C=O) groups excluding carboxylic acids is 2. The minimum absolute atomic E-state index is 0.0160. The molecule has 2 aliphatic carbocycles. The van der Waals surface area contributed by atoms with Gasteiger partial charge in [-0.15, -0.1) is 0 Å². The van der Waals surface area contributed by atoms with E-state index in [0.29, 0.717) is 6.42 Å². The lowest BCUT2D eigenvalue weighted by molar-refractivity contribution is -0.252. The fourth-order valence-corrected chi connectivity index (χ4v) is 8.79. The largest absolute Gasteiger partial charge is 0.472 e. The lowest BCUT2D eigenvalue weighted by atomic mass is 9.37. The number of carbonyl (C=O) groups is 2. The first-order chi connectivity index (χ1) is 15.4. The van der Waals surface area contributed by atoms with Crippen molar-refractivity contribution in [3.8, 4) is 0 Å². The average molecular weight is 457 g/mol. The molecule has 1 spiro atoms. The van der Waals surface area contributed by atoms with Crippen LogP contribution in [0, 0.1) is 28.1 Å². The van der Waals surface area contributed by atoms with Crippen molar-refractivity contribution in [1.82, 2.24) is 0 Å². The molecule has 1 N–H and O–H groups in total. The topological polar surface area (TPSA) is 98.5 Å². The van der Waals surface area contributed by atoms with E-state index in [-0.39, 0.29) is 23.8 Å². The highest BCUT2D eigenvalue weighted by atomic mass is 16.7. The number of aliphatic hydroxyl groups excluding tert-OH is 1. The molecule has 7 heteroatoms. The molecule has 1 aromatic heterocycles. The van der Waals surface area contributed by atoms with Crippen LogP contribution in [0.25, 0.3) is 0 Å². The Morgan fingerprint density at radius 2 is 1.82 bits per heavy atom. The highest BCUT2D eigenvalue weighted by Crippen LogP contribution is 2.79. The van der Waals surface area contributed by atoms with Gasteiger partial charge in [-0.1, -0.05) is 26.8 Å². The van der Waals surface area contributed by atoms with Gasteiger partial charge in [-0.3, -0.25) is 0 Å². The highest BCUT2D eigenvalue weighted by molar-refractivity contribution is 5.83. The van der Waals surface area contributed by atoms with Crippen molar-refractivity contribution in [2.75, 3.05) is 0 Å². The Morgan fingerprint density at radius 3 is 2.52 bits per heavy atom. The first kappa shape index (κ1) is 21.4. The third kappa shape index (κ3) is 2.28. The second-order valence-electron chi connectivity index (χ2n) is 11.9. The Bertz CT molecular complexity index is 1060. The number of fused-ring (bicyclic) bond motifs is 3. The normalized spacial score (nSPS) is 51.8. The van der Waals surface area contributed by atoms with Crippen LogP contribution in [0.15, 0.2) is 35.2 Å². The second kappa shape index (κ2) is 6.11. The van der Waals surface area contributed by atoms with E-state index in [2.05, 4.69) is 20.8 Å². The van der Waals surface area contributed by atoms with Crippen LogP contribution in [-0.2, 0) is 23.8 Å². The molecule has 2 saturated heterocycles. The molecule has 6 rings (SSSR count). The van der Waals surface area contributed by atoms with Gasteiger partial charge in [0.25, 0.3) is 0 Å². The number of esters is 2. The summed E-state index contributed by atoms with van der Waals surface area (Å²) >= 11 is 0. The van der Waals surface area contributed by atoms with E-state index < -0.39 is 45.8 Å². The molecule has 0 unspecified atom stereocenters. The molecule has 9 atom stereocenters. The zero-order chi connectivity index (χ0) is 23.6. The Hall–Kier alpha value is -2.12. The van der Waals surface area contributed by atoms with Gasteiger partial charge < -0.3 is 23.7 Å². The summed E-state index contributed by atoms with van der Waals surface area (Å²) in [4.78, 5) is 25.5. The number of rotatable bonds is 1. The summed E-state index contributed by atoms with van der Waals surface area (Å²) in [5, 5.41) is 11.8. The van der Waals surface area contributed by atoms with E-state index in [0.717, 1.165) is 18.4 Å². The molecular formula is C26H32O7. The number of epoxide rings is 1. The van der Waals surface area contributed by atoms with Crippen molar-refractivity contribution in [3.05, 3.63) is 36.3 Å². The number of aliphatic hydroxyl groups is 1. The quantitative estimate of drug-likeness (QED) is 0.508. The van der Waals surface area contributed by atoms with Crippen molar-refractivity contribution in [3.63, 3.8) is 0 Å². The number of hydrogen-bond acceptors (Lipinski definition) is 7. The molecule has 4 fully saturated rings. The van der Waals surface area contributed by atoms with Gasteiger partial charge in [0, 0.05) is 28.4 Å². The molecule has 178 valence electrons. The predicted molar refractivity (Wildman–Crippen MR) is 116 cm³/mol. The third-order valence-electron chi connectivity index (χ3n) is 10.2. The number of cyclic esters (lactones) is 2. The summed E-state index contributed by atoms with van der Waals surface area (Å²) in [6, 6.07) is 1.84. The van der Waals surface area contributed by atoms with Crippen LogP contribution in [0.5, 0.6) is 0 Å². The molecule has 5 aliphatic rings.